The topological polar surface area (TPSA) is 86.7 Å². The fourth-order valence-electron chi connectivity index (χ4n) is 2.74. The van der Waals surface area contributed by atoms with Crippen molar-refractivity contribution in [3.63, 3.8) is 0 Å². The molecule has 5 N–H and O–H groups in total. The molecule has 2 aliphatic rings. The Morgan fingerprint density at radius 2 is 2.00 bits per heavy atom. The fraction of sp³-hybridized carbons (Fsp3) is 1.00. The zero-order valence-corrected chi connectivity index (χ0v) is 6.85. The number of aliphatic hydroxyl groups is 3. The van der Waals surface area contributed by atoms with Gasteiger partial charge in [-0.3, -0.25) is 0 Å². The van der Waals surface area contributed by atoms with E-state index >= 15 is 0 Å². The van der Waals surface area contributed by atoms with Gasteiger partial charge < -0.3 is 21.1 Å². The summed E-state index contributed by atoms with van der Waals surface area (Å²) in [7, 11) is 0. The largest absolute Gasteiger partial charge is 0.396 e. The van der Waals surface area contributed by atoms with Crippen molar-refractivity contribution in [2.45, 2.75) is 30.6 Å². The lowest BCUT2D eigenvalue weighted by molar-refractivity contribution is -0.0494. The van der Waals surface area contributed by atoms with Gasteiger partial charge in [-0.2, -0.15) is 0 Å². The van der Waals surface area contributed by atoms with Crippen LogP contribution in [0.4, 0.5) is 0 Å². The molecule has 70 valence electrons. The van der Waals surface area contributed by atoms with Crippen molar-refractivity contribution in [1.29, 1.82) is 0 Å². The van der Waals surface area contributed by atoms with E-state index in [-0.39, 0.29) is 18.4 Å². The molecule has 5 atom stereocenters. The van der Waals surface area contributed by atoms with E-state index in [2.05, 4.69) is 0 Å². The number of fused-ring (bicyclic) bond motifs is 2. The van der Waals surface area contributed by atoms with Crippen LogP contribution in [0, 0.1) is 11.8 Å². The van der Waals surface area contributed by atoms with Crippen LogP contribution in [-0.2, 0) is 0 Å². The van der Waals surface area contributed by atoms with Crippen LogP contribution in [0.5, 0.6) is 0 Å². The molecule has 2 rings (SSSR count). The van der Waals surface area contributed by atoms with Crippen LogP contribution in [0.1, 0.15) is 12.8 Å². The SMILES string of the molecule is N[C@@]12C[C@@H](CO)[C@@H](C1)[C@@H](O)[C@@H]2O. The number of rotatable bonds is 1. The summed E-state index contributed by atoms with van der Waals surface area (Å²) in [6.45, 7) is 0.0629. The Labute approximate surface area is 71.0 Å². The van der Waals surface area contributed by atoms with E-state index in [0.29, 0.717) is 12.8 Å². The van der Waals surface area contributed by atoms with Crippen molar-refractivity contribution < 1.29 is 15.3 Å². The average Bonchev–Trinajstić information content (AvgIpc) is 2.49. The molecule has 0 aliphatic heterocycles. The molecule has 0 radical (unpaired) electrons. The highest BCUT2D eigenvalue weighted by atomic mass is 16.3. The molecule has 0 spiro atoms. The number of hydrogen-bond donors (Lipinski definition) is 4. The minimum atomic E-state index is -0.801. The third-order valence-corrected chi connectivity index (χ3v) is 3.45. The first-order valence-corrected chi connectivity index (χ1v) is 4.34. The zero-order chi connectivity index (χ0) is 8.93. The zero-order valence-electron chi connectivity index (χ0n) is 6.85. The summed E-state index contributed by atoms with van der Waals surface area (Å²) >= 11 is 0. The summed E-state index contributed by atoms with van der Waals surface area (Å²) in [5.74, 6) is 0.0726. The minimum Gasteiger partial charge on any atom is -0.396 e. The lowest BCUT2D eigenvalue weighted by atomic mass is 9.83. The summed E-state index contributed by atoms with van der Waals surface area (Å²) in [6, 6.07) is 0. The molecule has 0 amide bonds. The molecule has 4 heteroatoms. The lowest BCUT2D eigenvalue weighted by Crippen LogP contribution is -2.53. The first-order chi connectivity index (χ1) is 5.58. The molecule has 0 aromatic carbocycles. The van der Waals surface area contributed by atoms with Crippen LogP contribution in [0.2, 0.25) is 0 Å². The van der Waals surface area contributed by atoms with Gasteiger partial charge in [0.15, 0.2) is 0 Å². The average molecular weight is 173 g/mol. The predicted octanol–water partition coefficient (Wildman–Crippen LogP) is -1.56. The summed E-state index contributed by atoms with van der Waals surface area (Å²) < 4.78 is 0. The van der Waals surface area contributed by atoms with Gasteiger partial charge in [-0.25, -0.2) is 0 Å². The molecule has 2 saturated carbocycles. The normalized spacial score (nSPS) is 58.0. The Morgan fingerprint density at radius 1 is 1.33 bits per heavy atom. The second kappa shape index (κ2) is 2.42. The third kappa shape index (κ3) is 0.864. The van der Waals surface area contributed by atoms with E-state index in [0.717, 1.165) is 0 Å². The van der Waals surface area contributed by atoms with Crippen molar-refractivity contribution >= 4 is 0 Å². The summed E-state index contributed by atoms with van der Waals surface area (Å²) in [5.41, 5.74) is 5.24. The van der Waals surface area contributed by atoms with Crippen molar-refractivity contribution in [3.05, 3.63) is 0 Å². The van der Waals surface area contributed by atoms with Crippen LogP contribution in [-0.4, -0.2) is 39.7 Å². The van der Waals surface area contributed by atoms with Crippen LogP contribution >= 0.6 is 0 Å². The van der Waals surface area contributed by atoms with Gasteiger partial charge in [-0.1, -0.05) is 0 Å². The number of aliphatic hydroxyl groups excluding tert-OH is 3. The van der Waals surface area contributed by atoms with E-state index < -0.39 is 17.7 Å². The number of nitrogens with two attached hydrogens (primary N) is 1. The molecule has 2 fully saturated rings. The van der Waals surface area contributed by atoms with E-state index in [1.165, 1.54) is 0 Å². The molecule has 0 aromatic heterocycles. The highest BCUT2D eigenvalue weighted by Crippen LogP contribution is 2.49. The van der Waals surface area contributed by atoms with Gasteiger partial charge >= 0.3 is 0 Å². The third-order valence-electron chi connectivity index (χ3n) is 3.45. The Bertz CT molecular complexity index is 193. The van der Waals surface area contributed by atoms with E-state index in [1.807, 2.05) is 0 Å². The summed E-state index contributed by atoms with van der Waals surface area (Å²) in [5, 5.41) is 28.0. The van der Waals surface area contributed by atoms with Crippen molar-refractivity contribution in [2.75, 3.05) is 6.61 Å². The van der Waals surface area contributed by atoms with Crippen LogP contribution in [0.25, 0.3) is 0 Å². The Hall–Kier alpha value is -0.160. The second-order valence-electron chi connectivity index (χ2n) is 4.18. The van der Waals surface area contributed by atoms with Gasteiger partial charge in [-0.05, 0) is 24.7 Å². The lowest BCUT2D eigenvalue weighted by Gasteiger charge is -2.33. The monoisotopic (exact) mass is 173 g/mol. The Balaban J connectivity index is 2.21. The van der Waals surface area contributed by atoms with Gasteiger partial charge in [0, 0.05) is 12.1 Å². The maximum atomic E-state index is 9.51. The van der Waals surface area contributed by atoms with Gasteiger partial charge in [0.25, 0.3) is 0 Å². The molecular formula is C8H15NO3. The first-order valence-electron chi connectivity index (χ1n) is 4.34. The molecule has 2 aliphatic carbocycles. The maximum absolute atomic E-state index is 9.51. The molecule has 0 unspecified atom stereocenters. The van der Waals surface area contributed by atoms with Crippen molar-refractivity contribution in [2.24, 2.45) is 17.6 Å². The highest BCUT2D eigenvalue weighted by Gasteiger charge is 2.59. The molecule has 0 heterocycles. The van der Waals surface area contributed by atoms with E-state index in [9.17, 15) is 10.2 Å². The summed E-state index contributed by atoms with van der Waals surface area (Å²) in [4.78, 5) is 0. The highest BCUT2D eigenvalue weighted by molar-refractivity contribution is 5.13. The van der Waals surface area contributed by atoms with Gasteiger partial charge in [0.2, 0.25) is 0 Å². The van der Waals surface area contributed by atoms with E-state index in [4.69, 9.17) is 10.8 Å². The molecule has 0 aromatic rings. The van der Waals surface area contributed by atoms with Gasteiger partial charge in [0.1, 0.15) is 0 Å². The van der Waals surface area contributed by atoms with Gasteiger partial charge in [0.05, 0.1) is 12.2 Å². The Kier molecular flexibility index (Phi) is 1.70. The van der Waals surface area contributed by atoms with Crippen molar-refractivity contribution in [1.82, 2.24) is 0 Å². The van der Waals surface area contributed by atoms with Crippen LogP contribution in [0.3, 0.4) is 0 Å². The molecular weight excluding hydrogens is 158 g/mol. The fourth-order valence-corrected chi connectivity index (χ4v) is 2.74. The van der Waals surface area contributed by atoms with Crippen LogP contribution < -0.4 is 5.73 Å². The van der Waals surface area contributed by atoms with Crippen molar-refractivity contribution in [3.8, 4) is 0 Å². The molecule has 0 saturated heterocycles. The standard InChI is InChI=1S/C8H15NO3/c9-8-1-4(3-10)5(2-8)6(11)7(8)12/h4-7,10-12H,1-3,9H2/t4-,5+,6+,7-,8-/m0/s1. The quantitative estimate of drug-likeness (QED) is 0.386. The number of hydrogen-bond acceptors (Lipinski definition) is 4. The Morgan fingerprint density at radius 3 is 2.42 bits per heavy atom. The predicted molar refractivity (Wildman–Crippen MR) is 42.2 cm³/mol. The second-order valence-corrected chi connectivity index (χ2v) is 4.18. The van der Waals surface area contributed by atoms with Crippen LogP contribution in [0.15, 0.2) is 0 Å². The maximum Gasteiger partial charge on any atom is 0.0981 e. The molecule has 4 nitrogen and oxygen atoms in total. The summed E-state index contributed by atoms with van der Waals surface area (Å²) in [6.07, 6.45) is -0.265. The molecule has 12 heavy (non-hydrogen) atoms. The smallest absolute Gasteiger partial charge is 0.0981 e. The first kappa shape index (κ1) is 8.44. The van der Waals surface area contributed by atoms with E-state index in [1.54, 1.807) is 0 Å². The molecule has 2 bridgehead atoms. The van der Waals surface area contributed by atoms with Gasteiger partial charge in [-0.15, -0.1) is 0 Å². The minimum absolute atomic E-state index is 0.00463.